The molecule has 0 saturated carbocycles. The number of ether oxygens (including phenoxy) is 2. The maximum atomic E-state index is 12.5. The first-order valence-electron chi connectivity index (χ1n) is 7.26. The Hall–Kier alpha value is -3.82. The van der Waals surface area contributed by atoms with Crippen molar-refractivity contribution in [3.05, 3.63) is 48.5 Å². The SMILES string of the molecule is COc1ccccc1OC1(C(=O)O)C(=O)N=C(c2ncccn2)NC1=O. The topological polar surface area (TPSA) is 140 Å². The molecule has 3 rings (SSSR count). The molecule has 1 unspecified atom stereocenters. The molecule has 1 aliphatic rings. The third kappa shape index (κ3) is 2.73. The molecular formula is C16H12N4O6. The molecule has 1 atom stereocenters. The van der Waals surface area contributed by atoms with Crippen molar-refractivity contribution in [2.45, 2.75) is 5.60 Å². The fourth-order valence-electron chi connectivity index (χ4n) is 2.22. The second-order valence-electron chi connectivity index (χ2n) is 5.03. The molecule has 0 spiro atoms. The van der Waals surface area contributed by atoms with E-state index < -0.39 is 23.4 Å². The van der Waals surface area contributed by atoms with Gasteiger partial charge >= 0.3 is 17.5 Å². The van der Waals surface area contributed by atoms with Crippen LogP contribution in [0.15, 0.2) is 47.7 Å². The summed E-state index contributed by atoms with van der Waals surface area (Å²) in [5, 5.41) is 11.8. The van der Waals surface area contributed by atoms with Gasteiger partial charge in [0, 0.05) is 12.4 Å². The molecule has 2 heterocycles. The Kier molecular flexibility index (Phi) is 4.31. The minimum Gasteiger partial charge on any atom is -0.493 e. The zero-order chi connectivity index (χ0) is 18.7. The molecule has 0 radical (unpaired) electrons. The van der Waals surface area contributed by atoms with E-state index in [2.05, 4.69) is 20.3 Å². The first kappa shape index (κ1) is 17.0. The number of hydrogen-bond acceptors (Lipinski definition) is 7. The zero-order valence-corrected chi connectivity index (χ0v) is 13.4. The van der Waals surface area contributed by atoms with E-state index in [0.717, 1.165) is 0 Å². The molecule has 10 heteroatoms. The van der Waals surface area contributed by atoms with E-state index in [1.807, 2.05) is 0 Å². The fraction of sp³-hybridized carbons (Fsp3) is 0.125. The van der Waals surface area contributed by atoms with E-state index in [-0.39, 0.29) is 23.2 Å². The molecule has 2 amide bonds. The van der Waals surface area contributed by atoms with Gasteiger partial charge in [-0.05, 0) is 18.2 Å². The number of methoxy groups -OCH3 is 1. The van der Waals surface area contributed by atoms with Gasteiger partial charge in [-0.25, -0.2) is 14.8 Å². The number of carboxylic acids is 1. The van der Waals surface area contributed by atoms with Crippen LogP contribution < -0.4 is 14.8 Å². The summed E-state index contributed by atoms with van der Waals surface area (Å²) in [6.07, 6.45) is 2.76. The predicted molar refractivity (Wildman–Crippen MR) is 85.7 cm³/mol. The lowest BCUT2D eigenvalue weighted by Gasteiger charge is -2.29. The van der Waals surface area contributed by atoms with E-state index in [1.165, 1.54) is 43.8 Å². The van der Waals surface area contributed by atoms with Crippen molar-refractivity contribution in [1.82, 2.24) is 15.3 Å². The Bertz CT molecular complexity index is 914. The van der Waals surface area contributed by atoms with Gasteiger partial charge in [0.2, 0.25) is 0 Å². The summed E-state index contributed by atoms with van der Waals surface area (Å²) in [4.78, 5) is 48.2. The van der Waals surface area contributed by atoms with Gasteiger partial charge in [0.1, 0.15) is 0 Å². The number of para-hydroxylation sites is 2. The normalized spacial score (nSPS) is 19.3. The molecule has 10 nitrogen and oxygen atoms in total. The van der Waals surface area contributed by atoms with Crippen LogP contribution in [0.25, 0.3) is 0 Å². The molecule has 1 aromatic heterocycles. The monoisotopic (exact) mass is 356 g/mol. The van der Waals surface area contributed by atoms with Gasteiger partial charge in [-0.3, -0.25) is 9.59 Å². The van der Waals surface area contributed by atoms with Crippen molar-refractivity contribution in [2.75, 3.05) is 7.11 Å². The van der Waals surface area contributed by atoms with Crippen LogP contribution in [0.3, 0.4) is 0 Å². The van der Waals surface area contributed by atoms with Crippen LogP contribution in [0, 0.1) is 0 Å². The van der Waals surface area contributed by atoms with Gasteiger partial charge in [-0.1, -0.05) is 12.1 Å². The second-order valence-corrected chi connectivity index (χ2v) is 5.03. The number of amides is 2. The van der Waals surface area contributed by atoms with Gasteiger partial charge in [-0.15, -0.1) is 0 Å². The van der Waals surface area contributed by atoms with Crippen molar-refractivity contribution < 1.29 is 29.0 Å². The summed E-state index contributed by atoms with van der Waals surface area (Å²) in [6.45, 7) is 0. The number of nitrogens with one attached hydrogen (secondary N) is 1. The number of benzene rings is 1. The highest BCUT2D eigenvalue weighted by Crippen LogP contribution is 2.31. The molecule has 0 fully saturated rings. The molecule has 132 valence electrons. The van der Waals surface area contributed by atoms with E-state index in [4.69, 9.17) is 9.47 Å². The lowest BCUT2D eigenvalue weighted by molar-refractivity contribution is -0.167. The molecule has 26 heavy (non-hydrogen) atoms. The van der Waals surface area contributed by atoms with Crippen LogP contribution in [0.2, 0.25) is 0 Å². The van der Waals surface area contributed by atoms with Gasteiger partial charge < -0.3 is 19.9 Å². The third-order valence-corrected chi connectivity index (χ3v) is 3.48. The number of carbonyl (C=O) groups excluding carboxylic acids is 2. The van der Waals surface area contributed by atoms with E-state index in [1.54, 1.807) is 6.07 Å². The van der Waals surface area contributed by atoms with E-state index in [0.29, 0.717) is 0 Å². The van der Waals surface area contributed by atoms with Crippen LogP contribution in [-0.2, 0) is 14.4 Å². The van der Waals surface area contributed by atoms with Gasteiger partial charge in [0.05, 0.1) is 7.11 Å². The highest BCUT2D eigenvalue weighted by Gasteiger charge is 2.59. The van der Waals surface area contributed by atoms with E-state index >= 15 is 0 Å². The molecule has 1 aliphatic heterocycles. The maximum Gasteiger partial charge on any atom is 0.368 e. The summed E-state index contributed by atoms with van der Waals surface area (Å²) in [5.41, 5.74) is -2.90. The first-order valence-corrected chi connectivity index (χ1v) is 7.26. The van der Waals surface area contributed by atoms with Gasteiger partial charge in [0.25, 0.3) is 5.91 Å². The molecule has 2 N–H and O–H groups in total. The fourth-order valence-corrected chi connectivity index (χ4v) is 2.22. The lowest BCUT2D eigenvalue weighted by Crippen LogP contribution is -2.65. The molecule has 1 aromatic carbocycles. The van der Waals surface area contributed by atoms with Crippen LogP contribution >= 0.6 is 0 Å². The predicted octanol–water partition coefficient (Wildman–Crippen LogP) is -0.209. The molecule has 0 aliphatic carbocycles. The number of rotatable bonds is 5. The van der Waals surface area contributed by atoms with Crippen LogP contribution in [-0.4, -0.2) is 51.4 Å². The number of amidine groups is 1. The van der Waals surface area contributed by atoms with Gasteiger partial charge in [0.15, 0.2) is 23.2 Å². The van der Waals surface area contributed by atoms with Crippen molar-refractivity contribution >= 4 is 23.6 Å². The Morgan fingerprint density at radius 2 is 1.77 bits per heavy atom. The minimum atomic E-state index is -2.90. The van der Waals surface area contributed by atoms with E-state index in [9.17, 15) is 19.5 Å². The average Bonchev–Trinajstić information content (AvgIpc) is 2.65. The smallest absolute Gasteiger partial charge is 0.368 e. The number of nitrogens with zero attached hydrogens (tertiary/aromatic N) is 3. The average molecular weight is 356 g/mol. The van der Waals surface area contributed by atoms with Crippen molar-refractivity contribution in [1.29, 1.82) is 0 Å². The summed E-state index contributed by atoms with van der Waals surface area (Å²) >= 11 is 0. The highest BCUT2D eigenvalue weighted by molar-refractivity contribution is 6.33. The van der Waals surface area contributed by atoms with Gasteiger partial charge in [-0.2, -0.15) is 4.99 Å². The number of hydrogen-bond donors (Lipinski definition) is 2. The minimum absolute atomic E-state index is 0.0366. The molecule has 0 bridgehead atoms. The quantitative estimate of drug-likeness (QED) is 0.701. The van der Waals surface area contributed by atoms with Crippen molar-refractivity contribution in [3.8, 4) is 11.5 Å². The number of aromatic nitrogens is 2. The van der Waals surface area contributed by atoms with Crippen molar-refractivity contribution in [3.63, 3.8) is 0 Å². The highest BCUT2D eigenvalue weighted by atomic mass is 16.6. The number of carbonyl (C=O) groups is 3. The number of carboxylic acid groups (broad SMARTS) is 1. The van der Waals surface area contributed by atoms with Crippen LogP contribution in [0.4, 0.5) is 0 Å². The molecular weight excluding hydrogens is 344 g/mol. The Morgan fingerprint density at radius 1 is 1.12 bits per heavy atom. The molecule has 0 saturated heterocycles. The molecule has 2 aromatic rings. The summed E-state index contributed by atoms with van der Waals surface area (Å²) in [5.74, 6) is -4.61. The summed E-state index contributed by atoms with van der Waals surface area (Å²) < 4.78 is 10.4. The van der Waals surface area contributed by atoms with Crippen LogP contribution in [0.5, 0.6) is 11.5 Å². The Morgan fingerprint density at radius 3 is 2.35 bits per heavy atom. The maximum absolute atomic E-state index is 12.5. The number of aliphatic imine (C=N–C) groups is 1. The standard InChI is InChI=1S/C16H12N4O6/c1-25-9-5-2-3-6-10(9)26-16(15(23)24)13(21)19-12(20-14(16)22)11-17-7-4-8-18-11/h2-8H,1H3,(H,23,24)(H,19,20,21,22). The first-order chi connectivity index (χ1) is 12.5. The Labute approximate surface area is 146 Å². The number of aliphatic carboxylic acids is 1. The third-order valence-electron chi connectivity index (χ3n) is 3.48. The summed E-state index contributed by atoms with van der Waals surface area (Å²) in [7, 11) is 1.33. The Balaban J connectivity index is 2.05. The second kappa shape index (κ2) is 6.59. The zero-order valence-electron chi connectivity index (χ0n) is 13.4. The largest absolute Gasteiger partial charge is 0.493 e. The van der Waals surface area contributed by atoms with Crippen molar-refractivity contribution in [2.24, 2.45) is 4.99 Å². The van der Waals surface area contributed by atoms with Crippen LogP contribution in [0.1, 0.15) is 5.82 Å². The lowest BCUT2D eigenvalue weighted by atomic mass is 10.00. The summed E-state index contributed by atoms with van der Waals surface area (Å²) in [6, 6.07) is 7.53.